The van der Waals surface area contributed by atoms with Gasteiger partial charge in [0.1, 0.15) is 0 Å². The minimum atomic E-state index is -6.50. The van der Waals surface area contributed by atoms with Crippen LogP contribution in [0.2, 0.25) is 0 Å². The third kappa shape index (κ3) is 4.45. The largest absolute Gasteiger partial charge is 0.471 e. The van der Waals surface area contributed by atoms with Gasteiger partial charge in [-0.1, -0.05) is 0 Å². The van der Waals surface area contributed by atoms with Gasteiger partial charge in [0, 0.05) is 10.6 Å². The maximum atomic E-state index is 13.1. The van der Waals surface area contributed by atoms with E-state index in [0.29, 0.717) is 24.3 Å². The van der Waals surface area contributed by atoms with Crippen molar-refractivity contribution in [1.29, 1.82) is 0 Å². The molecule has 24 heavy (non-hydrogen) atoms. The van der Waals surface area contributed by atoms with Crippen molar-refractivity contribution in [1.82, 2.24) is 0 Å². The maximum absolute atomic E-state index is 13.1. The second-order valence-corrected chi connectivity index (χ2v) is 5.36. The molecule has 1 aromatic rings. The molecule has 1 amide bonds. The van der Waals surface area contributed by atoms with E-state index in [2.05, 4.69) is 0 Å². The third-order valence-corrected chi connectivity index (χ3v) is 3.36. The molecule has 0 bridgehead atoms. The highest BCUT2D eigenvalue weighted by Crippen LogP contribution is 2.53. The lowest BCUT2D eigenvalue weighted by atomic mass is 10.3. The number of amides is 1. The summed E-state index contributed by atoms with van der Waals surface area (Å²) in [6.07, 6.45) is -11.7. The molecule has 2 nitrogen and oxygen atoms in total. The van der Waals surface area contributed by atoms with Crippen molar-refractivity contribution in [2.24, 2.45) is 0 Å². The number of hydrogen-bond acceptors (Lipinski definition) is 2. The molecule has 136 valence electrons. The van der Waals surface area contributed by atoms with Crippen molar-refractivity contribution in [2.45, 2.75) is 28.4 Å². The molecule has 0 spiro atoms. The van der Waals surface area contributed by atoms with E-state index in [-0.39, 0.29) is 0 Å². The lowest BCUT2D eigenvalue weighted by Crippen LogP contribution is -2.49. The molecule has 0 aliphatic heterocycles. The fourth-order valence-corrected chi connectivity index (χ4v) is 2.00. The Morgan fingerprint density at radius 2 is 1.29 bits per heavy atom. The SMILES string of the molecule is O=C(Nc1ccc(SC(F)(F)C(F)(F)C(F)(F)F)cc1)C(F)(F)F. The number of nitrogens with one attached hydrogen (secondary N) is 1. The Hall–Kier alpha value is -1.66. The molecule has 0 atom stereocenters. The lowest BCUT2D eigenvalue weighted by Gasteiger charge is -2.27. The highest BCUT2D eigenvalue weighted by Gasteiger charge is 2.73. The molecule has 13 heteroatoms. The minimum Gasteiger partial charge on any atom is -0.318 e. The van der Waals surface area contributed by atoms with Gasteiger partial charge in [-0.2, -0.15) is 43.9 Å². The highest BCUT2D eigenvalue weighted by atomic mass is 32.2. The molecular formula is C11H5F10NOS. The number of hydrogen-bond donors (Lipinski definition) is 1. The van der Waals surface area contributed by atoms with Gasteiger partial charge in [-0.05, 0) is 36.0 Å². The number of carbonyl (C=O) groups is 1. The van der Waals surface area contributed by atoms with Gasteiger partial charge < -0.3 is 5.32 Å². The quantitative estimate of drug-likeness (QED) is 0.576. The Kier molecular flexibility index (Phi) is 5.38. The molecule has 0 aliphatic carbocycles. The van der Waals surface area contributed by atoms with Gasteiger partial charge in [-0.25, -0.2) is 0 Å². The number of halogens is 10. The van der Waals surface area contributed by atoms with Crippen molar-refractivity contribution in [3.8, 4) is 0 Å². The van der Waals surface area contributed by atoms with Gasteiger partial charge in [0.05, 0.1) is 0 Å². The third-order valence-electron chi connectivity index (χ3n) is 2.34. The van der Waals surface area contributed by atoms with Crippen LogP contribution in [0.5, 0.6) is 0 Å². The summed E-state index contributed by atoms with van der Waals surface area (Å²) in [6.45, 7) is 0. The van der Waals surface area contributed by atoms with E-state index >= 15 is 0 Å². The molecule has 0 aromatic heterocycles. The summed E-state index contributed by atoms with van der Waals surface area (Å²) >= 11 is -1.13. The van der Waals surface area contributed by atoms with Crippen LogP contribution in [0.3, 0.4) is 0 Å². The number of carbonyl (C=O) groups excluding carboxylic acids is 1. The van der Waals surface area contributed by atoms with E-state index in [1.807, 2.05) is 0 Å². The molecule has 1 rings (SSSR count). The average Bonchev–Trinajstić information content (AvgIpc) is 2.38. The lowest BCUT2D eigenvalue weighted by molar-refractivity contribution is -0.330. The van der Waals surface area contributed by atoms with Crippen LogP contribution in [-0.2, 0) is 4.79 Å². The van der Waals surface area contributed by atoms with Crippen molar-refractivity contribution in [2.75, 3.05) is 5.32 Å². The van der Waals surface area contributed by atoms with E-state index < -0.39 is 51.8 Å². The van der Waals surface area contributed by atoms with Gasteiger partial charge >= 0.3 is 29.4 Å². The fraction of sp³-hybridized carbons (Fsp3) is 0.364. The first-order valence-electron chi connectivity index (χ1n) is 5.57. The van der Waals surface area contributed by atoms with Crippen LogP contribution in [0.4, 0.5) is 49.6 Å². The molecular weight excluding hydrogens is 384 g/mol. The normalized spacial score (nSPS) is 13.8. The Morgan fingerprint density at radius 1 is 0.833 bits per heavy atom. The second-order valence-electron chi connectivity index (χ2n) is 4.17. The first-order chi connectivity index (χ1) is 10.6. The van der Waals surface area contributed by atoms with E-state index in [0.717, 1.165) is 0 Å². The van der Waals surface area contributed by atoms with Crippen LogP contribution in [-0.4, -0.2) is 29.4 Å². The number of benzene rings is 1. The summed E-state index contributed by atoms with van der Waals surface area (Å²) in [5, 5.41) is -4.22. The van der Waals surface area contributed by atoms with Gasteiger partial charge in [0.15, 0.2) is 0 Å². The van der Waals surface area contributed by atoms with Crippen molar-refractivity contribution in [3.63, 3.8) is 0 Å². The van der Waals surface area contributed by atoms with Crippen LogP contribution in [0.25, 0.3) is 0 Å². The van der Waals surface area contributed by atoms with Gasteiger partial charge in [0.25, 0.3) is 0 Å². The van der Waals surface area contributed by atoms with Crippen LogP contribution in [0, 0.1) is 0 Å². The first-order valence-corrected chi connectivity index (χ1v) is 6.39. The predicted octanol–water partition coefficient (Wildman–Crippen LogP) is 5.07. The van der Waals surface area contributed by atoms with Crippen molar-refractivity contribution >= 4 is 23.4 Å². The first kappa shape index (κ1) is 20.4. The van der Waals surface area contributed by atoms with Gasteiger partial charge in [-0.15, -0.1) is 0 Å². The standard InChI is InChI=1S/C11H5F10NOS/c12-8(13,14)7(23)22-5-1-3-6(4-2-5)24-11(20,21)9(15,16)10(17,18)19/h1-4H,(H,22,23). The monoisotopic (exact) mass is 389 g/mol. The Balaban J connectivity index is 2.89. The minimum absolute atomic E-state index is 0.521. The summed E-state index contributed by atoms with van der Waals surface area (Å²) in [5.74, 6) is -8.70. The number of thioether (sulfide) groups is 1. The topological polar surface area (TPSA) is 29.1 Å². The van der Waals surface area contributed by atoms with Crippen LogP contribution < -0.4 is 5.32 Å². The number of rotatable bonds is 4. The molecule has 0 fully saturated rings. The summed E-state index contributed by atoms with van der Waals surface area (Å²) < 4.78 is 123. The zero-order valence-electron chi connectivity index (χ0n) is 10.9. The van der Waals surface area contributed by atoms with Crippen molar-refractivity contribution < 1.29 is 48.7 Å². The predicted molar refractivity (Wildman–Crippen MR) is 62.9 cm³/mol. The highest BCUT2D eigenvalue weighted by molar-refractivity contribution is 8.00. The molecule has 0 heterocycles. The second kappa shape index (κ2) is 6.33. The molecule has 0 saturated carbocycles. The molecule has 1 aromatic carbocycles. The van der Waals surface area contributed by atoms with Crippen LogP contribution >= 0.6 is 11.8 Å². The fourth-order valence-electron chi connectivity index (χ4n) is 1.19. The summed E-state index contributed by atoms with van der Waals surface area (Å²) in [5.41, 5.74) is -0.521. The summed E-state index contributed by atoms with van der Waals surface area (Å²) in [6, 6.07) is 2.37. The van der Waals surface area contributed by atoms with Crippen LogP contribution in [0.15, 0.2) is 29.2 Å². The molecule has 0 radical (unpaired) electrons. The Bertz CT molecular complexity index is 592. The average molecular weight is 389 g/mol. The van der Waals surface area contributed by atoms with E-state index in [4.69, 9.17) is 0 Å². The summed E-state index contributed by atoms with van der Waals surface area (Å²) in [4.78, 5) is 9.82. The zero-order valence-corrected chi connectivity index (χ0v) is 11.7. The smallest absolute Gasteiger partial charge is 0.318 e. The van der Waals surface area contributed by atoms with Crippen molar-refractivity contribution in [3.05, 3.63) is 24.3 Å². The van der Waals surface area contributed by atoms with Crippen LogP contribution in [0.1, 0.15) is 0 Å². The van der Waals surface area contributed by atoms with Gasteiger partial charge in [-0.3, -0.25) is 4.79 Å². The maximum Gasteiger partial charge on any atom is 0.471 e. The number of alkyl halides is 10. The molecule has 1 N–H and O–H groups in total. The number of anilines is 1. The van der Waals surface area contributed by atoms with E-state index in [1.165, 1.54) is 5.32 Å². The van der Waals surface area contributed by atoms with E-state index in [9.17, 15) is 48.7 Å². The molecule has 0 aliphatic rings. The Morgan fingerprint density at radius 3 is 1.67 bits per heavy atom. The molecule has 0 saturated heterocycles. The molecule has 0 unspecified atom stereocenters. The summed E-state index contributed by atoms with van der Waals surface area (Å²) in [7, 11) is 0. The van der Waals surface area contributed by atoms with E-state index in [1.54, 1.807) is 0 Å². The van der Waals surface area contributed by atoms with Gasteiger partial charge in [0.2, 0.25) is 0 Å². The Labute approximate surface area is 131 Å². The zero-order chi connectivity index (χ0) is 19.0.